The molecule has 0 fully saturated rings. The van der Waals surface area contributed by atoms with Gasteiger partial charge >= 0.3 is 11.9 Å². The maximum Gasteiger partial charge on any atom is 0.335 e. The average molecular weight is 238 g/mol. The number of aliphatic hydroxyl groups is 1. The zero-order valence-corrected chi connectivity index (χ0v) is 9.43. The highest BCUT2D eigenvalue weighted by Gasteiger charge is 2.19. The van der Waals surface area contributed by atoms with Crippen LogP contribution in [0.5, 0.6) is 0 Å². The lowest BCUT2D eigenvalue weighted by molar-refractivity contribution is 0.0678. The van der Waals surface area contributed by atoms with Crippen molar-refractivity contribution in [2.75, 3.05) is 6.61 Å². The average Bonchev–Trinajstić information content (AvgIpc) is 2.28. The van der Waals surface area contributed by atoms with E-state index in [0.717, 1.165) is 0 Å². The molecule has 3 N–H and O–H groups in total. The van der Waals surface area contributed by atoms with Crippen molar-refractivity contribution in [1.82, 2.24) is 0 Å². The van der Waals surface area contributed by atoms with Crippen LogP contribution in [0.15, 0.2) is 12.1 Å². The standard InChI is InChI=1S/C12H14O5/c1-2-7-8(5-6-13)10(12(16)17)4-3-9(7)11(14)15/h3-4,13H,2,5-6H2,1H3,(H,14,15)(H,16,17). The molecule has 5 nitrogen and oxygen atoms in total. The van der Waals surface area contributed by atoms with Crippen molar-refractivity contribution in [3.8, 4) is 0 Å². The quantitative estimate of drug-likeness (QED) is 0.716. The first-order chi connectivity index (χ1) is 8.02. The van der Waals surface area contributed by atoms with Gasteiger partial charge in [0.1, 0.15) is 0 Å². The van der Waals surface area contributed by atoms with Gasteiger partial charge in [-0.05, 0) is 36.1 Å². The van der Waals surface area contributed by atoms with E-state index < -0.39 is 11.9 Å². The van der Waals surface area contributed by atoms with E-state index in [9.17, 15) is 9.59 Å². The Kier molecular flexibility index (Phi) is 4.23. The summed E-state index contributed by atoms with van der Waals surface area (Å²) in [5.74, 6) is -2.20. The number of aromatic carboxylic acids is 2. The topological polar surface area (TPSA) is 94.8 Å². The molecule has 0 aliphatic carbocycles. The molecule has 0 saturated carbocycles. The van der Waals surface area contributed by atoms with Gasteiger partial charge in [0.25, 0.3) is 0 Å². The van der Waals surface area contributed by atoms with Crippen molar-refractivity contribution in [3.63, 3.8) is 0 Å². The Hall–Kier alpha value is -1.88. The zero-order valence-electron chi connectivity index (χ0n) is 9.43. The van der Waals surface area contributed by atoms with Crippen LogP contribution in [0.4, 0.5) is 0 Å². The van der Waals surface area contributed by atoms with Crippen LogP contribution in [0.1, 0.15) is 38.8 Å². The summed E-state index contributed by atoms with van der Waals surface area (Å²) in [6, 6.07) is 2.57. The fourth-order valence-electron chi connectivity index (χ4n) is 1.89. The molecule has 0 aliphatic rings. The van der Waals surface area contributed by atoms with Crippen LogP contribution in [0.2, 0.25) is 0 Å². The molecule has 0 unspecified atom stereocenters. The number of hydrogen-bond acceptors (Lipinski definition) is 3. The van der Waals surface area contributed by atoms with E-state index in [4.69, 9.17) is 15.3 Å². The molecular formula is C12H14O5. The number of benzene rings is 1. The van der Waals surface area contributed by atoms with Crippen molar-refractivity contribution in [2.45, 2.75) is 19.8 Å². The lowest BCUT2D eigenvalue weighted by atomic mass is 9.92. The third-order valence-corrected chi connectivity index (χ3v) is 2.61. The van der Waals surface area contributed by atoms with E-state index in [1.165, 1.54) is 12.1 Å². The highest BCUT2D eigenvalue weighted by atomic mass is 16.4. The SMILES string of the molecule is CCc1c(C(=O)O)ccc(C(=O)O)c1CCO. The predicted molar refractivity (Wildman–Crippen MR) is 60.5 cm³/mol. The minimum absolute atomic E-state index is 0.0564. The maximum absolute atomic E-state index is 11.0. The Morgan fingerprint density at radius 1 is 1.06 bits per heavy atom. The summed E-state index contributed by atoms with van der Waals surface area (Å²) in [6.45, 7) is 1.55. The van der Waals surface area contributed by atoms with Gasteiger partial charge < -0.3 is 15.3 Å². The molecule has 1 aromatic rings. The molecule has 5 heteroatoms. The first-order valence-corrected chi connectivity index (χ1v) is 5.25. The summed E-state index contributed by atoms with van der Waals surface area (Å²) in [7, 11) is 0. The fraction of sp³-hybridized carbons (Fsp3) is 0.333. The Bertz CT molecular complexity index is 450. The van der Waals surface area contributed by atoms with Crippen LogP contribution < -0.4 is 0 Å². The lowest BCUT2D eigenvalue weighted by Crippen LogP contribution is -2.12. The smallest absolute Gasteiger partial charge is 0.335 e. The van der Waals surface area contributed by atoms with E-state index in [-0.39, 0.29) is 24.2 Å². The lowest BCUT2D eigenvalue weighted by Gasteiger charge is -2.13. The van der Waals surface area contributed by atoms with E-state index >= 15 is 0 Å². The van der Waals surface area contributed by atoms with Gasteiger partial charge in [-0.25, -0.2) is 9.59 Å². The molecule has 0 saturated heterocycles. The van der Waals surface area contributed by atoms with Crippen LogP contribution in [-0.4, -0.2) is 33.9 Å². The molecule has 17 heavy (non-hydrogen) atoms. The summed E-state index contributed by atoms with van der Waals surface area (Å²) in [5.41, 5.74) is 1.04. The molecule has 0 amide bonds. The summed E-state index contributed by atoms with van der Waals surface area (Å²) in [4.78, 5) is 22.0. The van der Waals surface area contributed by atoms with Gasteiger partial charge in [-0.3, -0.25) is 0 Å². The van der Waals surface area contributed by atoms with Gasteiger partial charge in [0.15, 0.2) is 0 Å². The Labute approximate surface area is 98.3 Å². The van der Waals surface area contributed by atoms with Crippen molar-refractivity contribution in [1.29, 1.82) is 0 Å². The second-order valence-corrected chi connectivity index (χ2v) is 3.56. The summed E-state index contributed by atoms with van der Waals surface area (Å²) < 4.78 is 0. The van der Waals surface area contributed by atoms with Gasteiger partial charge in [0.2, 0.25) is 0 Å². The molecule has 0 aliphatic heterocycles. The van der Waals surface area contributed by atoms with Gasteiger partial charge in [0, 0.05) is 6.61 Å². The van der Waals surface area contributed by atoms with Gasteiger partial charge in [0.05, 0.1) is 11.1 Å². The van der Waals surface area contributed by atoms with Gasteiger partial charge in [-0.15, -0.1) is 0 Å². The van der Waals surface area contributed by atoms with Crippen LogP contribution in [0.3, 0.4) is 0 Å². The number of aliphatic hydroxyl groups excluding tert-OH is 1. The molecule has 0 heterocycles. The first kappa shape index (κ1) is 13.2. The van der Waals surface area contributed by atoms with Crippen LogP contribution in [0.25, 0.3) is 0 Å². The second-order valence-electron chi connectivity index (χ2n) is 3.56. The number of hydrogen-bond donors (Lipinski definition) is 3. The number of carbonyl (C=O) groups is 2. The number of carboxylic acids is 2. The molecule has 1 aromatic carbocycles. The molecule has 92 valence electrons. The Balaban J connectivity index is 3.49. The van der Waals surface area contributed by atoms with E-state index in [1.807, 2.05) is 0 Å². The first-order valence-electron chi connectivity index (χ1n) is 5.25. The highest BCUT2D eigenvalue weighted by molar-refractivity contribution is 5.95. The second kappa shape index (κ2) is 5.45. The van der Waals surface area contributed by atoms with Gasteiger partial charge in [-0.2, -0.15) is 0 Å². The van der Waals surface area contributed by atoms with E-state index in [2.05, 4.69) is 0 Å². The highest BCUT2D eigenvalue weighted by Crippen LogP contribution is 2.21. The summed E-state index contributed by atoms with van der Waals surface area (Å²) >= 11 is 0. The van der Waals surface area contributed by atoms with Crippen LogP contribution in [-0.2, 0) is 12.8 Å². The zero-order chi connectivity index (χ0) is 13.0. The van der Waals surface area contributed by atoms with Crippen LogP contribution in [0, 0.1) is 0 Å². The summed E-state index contributed by atoms with van der Waals surface area (Å²) in [6.07, 6.45) is 0.560. The Morgan fingerprint density at radius 2 is 1.53 bits per heavy atom. The molecule has 1 rings (SSSR count). The van der Waals surface area contributed by atoms with E-state index in [1.54, 1.807) is 6.92 Å². The maximum atomic E-state index is 11.0. The Morgan fingerprint density at radius 3 is 1.88 bits per heavy atom. The molecule has 0 radical (unpaired) electrons. The van der Waals surface area contributed by atoms with Crippen molar-refractivity contribution in [3.05, 3.63) is 34.4 Å². The third kappa shape index (κ3) is 2.62. The predicted octanol–water partition coefficient (Wildman–Crippen LogP) is 1.18. The molecule has 0 atom stereocenters. The fourth-order valence-corrected chi connectivity index (χ4v) is 1.89. The minimum atomic E-state index is -1.11. The third-order valence-electron chi connectivity index (χ3n) is 2.61. The molecular weight excluding hydrogens is 224 g/mol. The van der Waals surface area contributed by atoms with E-state index in [0.29, 0.717) is 17.5 Å². The van der Waals surface area contributed by atoms with Crippen molar-refractivity contribution < 1.29 is 24.9 Å². The van der Waals surface area contributed by atoms with Gasteiger partial charge in [-0.1, -0.05) is 6.92 Å². The molecule has 0 spiro atoms. The van der Waals surface area contributed by atoms with Crippen molar-refractivity contribution >= 4 is 11.9 Å². The molecule has 0 aromatic heterocycles. The molecule has 0 bridgehead atoms. The number of carboxylic acid groups (broad SMARTS) is 2. The largest absolute Gasteiger partial charge is 0.478 e. The normalized spacial score (nSPS) is 10.2. The number of rotatable bonds is 5. The monoisotopic (exact) mass is 238 g/mol. The van der Waals surface area contributed by atoms with Crippen molar-refractivity contribution in [2.24, 2.45) is 0 Å². The minimum Gasteiger partial charge on any atom is -0.478 e. The summed E-state index contributed by atoms with van der Waals surface area (Å²) in [5, 5.41) is 27.0. The van der Waals surface area contributed by atoms with Crippen LogP contribution >= 0.6 is 0 Å².